The van der Waals surface area contributed by atoms with Gasteiger partial charge in [-0.25, -0.2) is 0 Å². The molecule has 2 aromatic heterocycles. The average molecular weight is 302 g/mol. The van der Waals surface area contributed by atoms with Crippen molar-refractivity contribution in [3.63, 3.8) is 0 Å². The van der Waals surface area contributed by atoms with E-state index in [9.17, 15) is 9.59 Å². The molecular weight excluding hydrogens is 288 g/mol. The second-order valence-corrected chi connectivity index (χ2v) is 7.83. The normalized spacial score (nSPS) is 18.8. The Morgan fingerprint density at radius 2 is 1.35 bits per heavy atom. The van der Waals surface area contributed by atoms with Gasteiger partial charge >= 0.3 is 0 Å². The van der Waals surface area contributed by atoms with E-state index in [0.29, 0.717) is 0 Å². The van der Waals surface area contributed by atoms with Crippen molar-refractivity contribution in [2.24, 2.45) is 0 Å². The highest BCUT2D eigenvalue weighted by Gasteiger charge is 2.46. The Balaban J connectivity index is 1.99. The molecule has 0 radical (unpaired) electrons. The highest BCUT2D eigenvalue weighted by molar-refractivity contribution is 7.24. The maximum Gasteiger partial charge on any atom is 0.160 e. The van der Waals surface area contributed by atoms with Gasteiger partial charge in [0.05, 0.1) is 9.75 Å². The van der Waals surface area contributed by atoms with E-state index < -0.39 is 0 Å². The monoisotopic (exact) mass is 302 g/mol. The first-order chi connectivity index (χ1) is 9.78. The number of fused-ring (bicyclic) bond motifs is 5. The van der Waals surface area contributed by atoms with Crippen molar-refractivity contribution >= 4 is 35.2 Å². The fourth-order valence-electron chi connectivity index (χ4n) is 3.82. The third-order valence-corrected chi connectivity index (χ3v) is 6.96. The SMILES string of the molecule is O=Cc1cc2c(s1)-c1sc(C=O)cc1C21CCCCC1. The molecule has 1 saturated carbocycles. The number of carbonyl (C=O) groups excluding carboxylic acids is 2. The summed E-state index contributed by atoms with van der Waals surface area (Å²) in [4.78, 5) is 26.3. The van der Waals surface area contributed by atoms with Gasteiger partial charge in [0.25, 0.3) is 0 Å². The van der Waals surface area contributed by atoms with Crippen molar-refractivity contribution in [1.29, 1.82) is 0 Å². The smallest absolute Gasteiger partial charge is 0.160 e. The second-order valence-electron chi connectivity index (χ2n) is 5.66. The summed E-state index contributed by atoms with van der Waals surface area (Å²) in [5, 5.41) is 0. The second kappa shape index (κ2) is 4.37. The van der Waals surface area contributed by atoms with Gasteiger partial charge in [0, 0.05) is 15.2 Å². The summed E-state index contributed by atoms with van der Waals surface area (Å²) in [5.41, 5.74) is 2.78. The number of rotatable bonds is 2. The van der Waals surface area contributed by atoms with Crippen LogP contribution < -0.4 is 0 Å². The molecule has 4 heteroatoms. The summed E-state index contributed by atoms with van der Waals surface area (Å²) in [6, 6.07) is 4.18. The van der Waals surface area contributed by atoms with Crippen molar-refractivity contribution in [2.75, 3.05) is 0 Å². The van der Waals surface area contributed by atoms with Crippen LogP contribution in [0.25, 0.3) is 9.75 Å². The maximum absolute atomic E-state index is 11.1. The Kier molecular flexibility index (Phi) is 2.72. The van der Waals surface area contributed by atoms with Crippen LogP contribution in [-0.2, 0) is 5.41 Å². The van der Waals surface area contributed by atoms with Gasteiger partial charge in [-0.1, -0.05) is 19.3 Å². The van der Waals surface area contributed by atoms with E-state index >= 15 is 0 Å². The van der Waals surface area contributed by atoms with Gasteiger partial charge in [0.2, 0.25) is 0 Å². The van der Waals surface area contributed by atoms with E-state index in [1.54, 1.807) is 22.7 Å². The molecule has 1 spiro atoms. The Labute approximate surface area is 125 Å². The van der Waals surface area contributed by atoms with Crippen LogP contribution in [0.5, 0.6) is 0 Å². The molecule has 2 heterocycles. The first kappa shape index (κ1) is 12.5. The molecule has 102 valence electrons. The van der Waals surface area contributed by atoms with E-state index in [-0.39, 0.29) is 5.41 Å². The van der Waals surface area contributed by atoms with Gasteiger partial charge in [-0.3, -0.25) is 9.59 Å². The third kappa shape index (κ3) is 1.49. The molecule has 2 aliphatic carbocycles. The summed E-state index contributed by atoms with van der Waals surface area (Å²) >= 11 is 3.17. The molecule has 0 atom stereocenters. The lowest BCUT2D eigenvalue weighted by Crippen LogP contribution is -2.27. The van der Waals surface area contributed by atoms with Crippen LogP contribution in [0.3, 0.4) is 0 Å². The van der Waals surface area contributed by atoms with Crippen LogP contribution in [0.1, 0.15) is 62.6 Å². The highest BCUT2D eigenvalue weighted by Crippen LogP contribution is 2.60. The van der Waals surface area contributed by atoms with Gasteiger partial charge in [-0.15, -0.1) is 22.7 Å². The van der Waals surface area contributed by atoms with Crippen LogP contribution in [0, 0.1) is 0 Å². The van der Waals surface area contributed by atoms with E-state index in [1.807, 2.05) is 0 Å². The molecule has 0 aliphatic heterocycles. The van der Waals surface area contributed by atoms with Gasteiger partial charge in [0.15, 0.2) is 12.6 Å². The van der Waals surface area contributed by atoms with Crippen LogP contribution >= 0.6 is 22.7 Å². The predicted molar refractivity (Wildman–Crippen MR) is 82.3 cm³/mol. The molecule has 20 heavy (non-hydrogen) atoms. The van der Waals surface area contributed by atoms with Gasteiger partial charge in [0.1, 0.15) is 0 Å². The first-order valence-electron chi connectivity index (χ1n) is 6.98. The standard InChI is InChI=1S/C16H14O2S2/c17-8-10-6-12-14(19-10)15-13(7-11(9-18)20-15)16(12)4-2-1-3-5-16/h6-9H,1-5H2. The maximum atomic E-state index is 11.1. The molecule has 0 amide bonds. The Morgan fingerprint density at radius 1 is 0.850 bits per heavy atom. The minimum absolute atomic E-state index is 0.0818. The van der Waals surface area contributed by atoms with Crippen LogP contribution in [0.2, 0.25) is 0 Å². The lowest BCUT2D eigenvalue weighted by atomic mass is 9.68. The molecule has 0 aromatic carbocycles. The van der Waals surface area contributed by atoms with E-state index in [0.717, 1.165) is 35.2 Å². The number of hydrogen-bond donors (Lipinski definition) is 0. The lowest BCUT2D eigenvalue weighted by Gasteiger charge is -2.34. The molecule has 2 nitrogen and oxygen atoms in total. The molecule has 0 N–H and O–H groups in total. The van der Waals surface area contributed by atoms with Crippen LogP contribution in [0.15, 0.2) is 12.1 Å². The molecule has 2 aromatic rings. The lowest BCUT2D eigenvalue weighted by molar-refractivity contribution is 0.111. The van der Waals surface area contributed by atoms with Crippen molar-refractivity contribution in [3.05, 3.63) is 33.0 Å². The van der Waals surface area contributed by atoms with E-state index in [1.165, 1.54) is 40.1 Å². The van der Waals surface area contributed by atoms with Gasteiger partial charge in [-0.05, 0) is 36.1 Å². The minimum atomic E-state index is 0.0818. The third-order valence-electron chi connectivity index (χ3n) is 4.68. The number of thiophene rings is 2. The topological polar surface area (TPSA) is 34.1 Å². The Morgan fingerprint density at radius 3 is 1.80 bits per heavy atom. The fraction of sp³-hybridized carbons (Fsp3) is 0.375. The molecule has 4 rings (SSSR count). The van der Waals surface area contributed by atoms with Crippen molar-refractivity contribution in [3.8, 4) is 9.75 Å². The first-order valence-corrected chi connectivity index (χ1v) is 8.61. The van der Waals surface area contributed by atoms with Crippen LogP contribution in [0.4, 0.5) is 0 Å². The summed E-state index contributed by atoms with van der Waals surface area (Å²) in [5.74, 6) is 0. The number of hydrogen-bond acceptors (Lipinski definition) is 4. The zero-order valence-corrected chi connectivity index (χ0v) is 12.6. The quantitative estimate of drug-likeness (QED) is 0.756. The average Bonchev–Trinajstić information content (AvgIpc) is 3.15. The molecule has 0 saturated heterocycles. The summed E-state index contributed by atoms with van der Waals surface area (Å²) in [7, 11) is 0. The Bertz CT molecular complexity index is 648. The summed E-state index contributed by atoms with van der Waals surface area (Å²) in [6.45, 7) is 0. The van der Waals surface area contributed by atoms with Crippen molar-refractivity contribution < 1.29 is 9.59 Å². The molecule has 2 aliphatic rings. The van der Waals surface area contributed by atoms with Crippen molar-refractivity contribution in [1.82, 2.24) is 0 Å². The predicted octanol–water partition coefficient (Wildman–Crippen LogP) is 4.67. The van der Waals surface area contributed by atoms with E-state index in [2.05, 4.69) is 12.1 Å². The Hall–Kier alpha value is -1.26. The van der Waals surface area contributed by atoms with Crippen molar-refractivity contribution in [2.45, 2.75) is 37.5 Å². The molecule has 1 fully saturated rings. The van der Waals surface area contributed by atoms with Gasteiger partial charge in [-0.2, -0.15) is 0 Å². The highest BCUT2D eigenvalue weighted by atomic mass is 32.1. The molecule has 0 bridgehead atoms. The number of carbonyl (C=O) groups is 2. The fourth-order valence-corrected chi connectivity index (χ4v) is 6.13. The largest absolute Gasteiger partial charge is 0.297 e. The van der Waals surface area contributed by atoms with Crippen LogP contribution in [-0.4, -0.2) is 12.6 Å². The molecular formula is C16H14O2S2. The summed E-state index contributed by atoms with van der Waals surface area (Å²) < 4.78 is 0. The number of aldehydes is 2. The zero-order valence-electron chi connectivity index (χ0n) is 11.0. The van der Waals surface area contributed by atoms with E-state index in [4.69, 9.17) is 0 Å². The van der Waals surface area contributed by atoms with Gasteiger partial charge < -0.3 is 0 Å². The summed E-state index contributed by atoms with van der Waals surface area (Å²) in [6.07, 6.45) is 7.96. The zero-order chi connectivity index (χ0) is 13.7. The minimum Gasteiger partial charge on any atom is -0.297 e. The molecule has 0 unspecified atom stereocenters.